The highest BCUT2D eigenvalue weighted by molar-refractivity contribution is 8.04. The van der Waals surface area contributed by atoms with Crippen LogP contribution in [-0.2, 0) is 16.1 Å². The molecule has 1 aromatic heterocycles. The maximum atomic E-state index is 13.6. The molecule has 7 heteroatoms. The summed E-state index contributed by atoms with van der Waals surface area (Å²) < 4.78 is 5.79. The molecule has 0 unspecified atom stereocenters. The molecule has 2 aromatic rings. The van der Waals surface area contributed by atoms with E-state index in [2.05, 4.69) is 51.2 Å². The molecule has 34 heavy (non-hydrogen) atoms. The van der Waals surface area contributed by atoms with Crippen LogP contribution in [0.15, 0.2) is 65.7 Å². The molecule has 0 N–H and O–H groups in total. The minimum absolute atomic E-state index is 0.0892. The number of carbonyl (C=O) groups excluding carboxylic acids is 1. The van der Waals surface area contributed by atoms with Gasteiger partial charge in [0.2, 0.25) is 0 Å². The summed E-state index contributed by atoms with van der Waals surface area (Å²) in [5.41, 5.74) is 1.28. The normalized spacial score (nSPS) is 21.2. The first kappa shape index (κ1) is 23.5. The molecule has 0 atom stereocenters. The summed E-state index contributed by atoms with van der Waals surface area (Å²) in [6.45, 7) is 7.23. The average Bonchev–Trinajstić information content (AvgIpc) is 3.44. The lowest BCUT2D eigenvalue weighted by atomic mass is 9.86. The molecule has 1 amide bonds. The fraction of sp³-hybridized carbons (Fsp3) is 0.481. The quantitative estimate of drug-likeness (QED) is 0.603. The zero-order valence-electron chi connectivity index (χ0n) is 19.8. The second-order valence-corrected chi connectivity index (χ2v) is 10.5. The van der Waals surface area contributed by atoms with E-state index in [4.69, 9.17) is 4.74 Å². The van der Waals surface area contributed by atoms with E-state index in [1.807, 2.05) is 23.1 Å². The van der Waals surface area contributed by atoms with Gasteiger partial charge in [-0.25, -0.2) is 4.98 Å². The molecule has 1 aromatic carbocycles. The topological polar surface area (TPSA) is 48.9 Å². The monoisotopic (exact) mass is 478 g/mol. The Hall–Kier alpha value is -2.19. The van der Waals surface area contributed by atoms with Gasteiger partial charge in [-0.15, -0.1) is 11.8 Å². The van der Waals surface area contributed by atoms with Crippen molar-refractivity contribution in [2.75, 3.05) is 56.6 Å². The van der Waals surface area contributed by atoms with Crippen molar-refractivity contribution >= 4 is 23.5 Å². The minimum Gasteiger partial charge on any atom is -0.381 e. The van der Waals surface area contributed by atoms with E-state index >= 15 is 0 Å². The third kappa shape index (κ3) is 5.38. The van der Waals surface area contributed by atoms with Gasteiger partial charge in [-0.3, -0.25) is 19.5 Å². The summed E-state index contributed by atoms with van der Waals surface area (Å²) in [5, 5.41) is 0. The number of amides is 1. The van der Waals surface area contributed by atoms with E-state index in [0.29, 0.717) is 6.54 Å². The van der Waals surface area contributed by atoms with Gasteiger partial charge in [-0.2, -0.15) is 0 Å². The van der Waals surface area contributed by atoms with Crippen LogP contribution in [-0.4, -0.2) is 77.9 Å². The number of thioether (sulfide) groups is 1. The zero-order chi connectivity index (χ0) is 23.2. The molecule has 0 radical (unpaired) electrons. The highest BCUT2D eigenvalue weighted by atomic mass is 32.2. The van der Waals surface area contributed by atoms with E-state index in [1.54, 1.807) is 18.0 Å². The number of allylic oxidation sites excluding steroid dienone is 1. The largest absolute Gasteiger partial charge is 0.381 e. The lowest BCUT2D eigenvalue weighted by molar-refractivity contribution is -0.115. The fourth-order valence-electron chi connectivity index (χ4n) is 5.31. The minimum atomic E-state index is -0.0892. The third-order valence-electron chi connectivity index (χ3n) is 7.25. The number of pyridine rings is 1. The van der Waals surface area contributed by atoms with Crippen LogP contribution in [0.4, 0.5) is 5.82 Å². The van der Waals surface area contributed by atoms with Crippen LogP contribution >= 0.6 is 11.8 Å². The summed E-state index contributed by atoms with van der Waals surface area (Å²) in [4.78, 5) is 26.2. The Bertz CT molecular complexity index is 971. The van der Waals surface area contributed by atoms with Gasteiger partial charge < -0.3 is 4.74 Å². The summed E-state index contributed by atoms with van der Waals surface area (Å²) in [6, 6.07) is 16.6. The Balaban J connectivity index is 1.34. The van der Waals surface area contributed by atoms with Gasteiger partial charge in [0.05, 0.1) is 4.91 Å². The maximum absolute atomic E-state index is 13.6. The maximum Gasteiger partial charge on any atom is 0.265 e. The molecule has 3 aliphatic heterocycles. The summed E-state index contributed by atoms with van der Waals surface area (Å²) in [5.74, 6) is 1.82. The van der Waals surface area contributed by atoms with Crippen LogP contribution in [0.3, 0.4) is 0 Å². The molecule has 6 nitrogen and oxygen atoms in total. The molecule has 0 spiro atoms. The predicted molar refractivity (Wildman–Crippen MR) is 138 cm³/mol. The van der Waals surface area contributed by atoms with E-state index in [0.717, 1.165) is 81.7 Å². The van der Waals surface area contributed by atoms with Crippen LogP contribution in [0, 0.1) is 0 Å². The number of piperazine rings is 1. The highest BCUT2D eigenvalue weighted by Gasteiger charge is 2.43. The van der Waals surface area contributed by atoms with Gasteiger partial charge in [0.15, 0.2) is 0 Å². The van der Waals surface area contributed by atoms with Gasteiger partial charge in [0.25, 0.3) is 5.91 Å². The van der Waals surface area contributed by atoms with Crippen LogP contribution in [0.2, 0.25) is 0 Å². The van der Waals surface area contributed by atoms with Crippen LogP contribution in [0.5, 0.6) is 0 Å². The third-order valence-corrected chi connectivity index (χ3v) is 8.35. The van der Waals surface area contributed by atoms with E-state index < -0.39 is 0 Å². The molecule has 5 rings (SSSR count). The molecule has 4 heterocycles. The zero-order valence-corrected chi connectivity index (χ0v) is 20.6. The number of aromatic nitrogens is 1. The van der Waals surface area contributed by atoms with Crippen LogP contribution < -0.4 is 4.90 Å². The lowest BCUT2D eigenvalue weighted by Gasteiger charge is -2.51. The molecule has 180 valence electrons. The molecule has 0 bridgehead atoms. The summed E-state index contributed by atoms with van der Waals surface area (Å²) in [7, 11) is 0. The van der Waals surface area contributed by atoms with Gasteiger partial charge in [-0.05, 0) is 37.0 Å². The number of hydrogen-bond donors (Lipinski definition) is 0. The Morgan fingerprint density at radius 1 is 1.03 bits per heavy atom. The van der Waals surface area contributed by atoms with E-state index in [-0.39, 0.29) is 11.4 Å². The second-order valence-electron chi connectivity index (χ2n) is 9.37. The van der Waals surface area contributed by atoms with Gasteiger partial charge in [-0.1, -0.05) is 42.5 Å². The van der Waals surface area contributed by atoms with Crippen molar-refractivity contribution in [1.29, 1.82) is 0 Å². The van der Waals surface area contributed by atoms with Gasteiger partial charge in [0, 0.05) is 70.0 Å². The van der Waals surface area contributed by atoms with Crippen molar-refractivity contribution in [2.45, 2.75) is 31.3 Å². The smallest absolute Gasteiger partial charge is 0.265 e. The van der Waals surface area contributed by atoms with Gasteiger partial charge >= 0.3 is 0 Å². The first-order valence-electron chi connectivity index (χ1n) is 12.4. The van der Waals surface area contributed by atoms with Gasteiger partial charge in [0.1, 0.15) is 5.82 Å². The van der Waals surface area contributed by atoms with E-state index in [9.17, 15) is 4.79 Å². The molecule has 0 saturated carbocycles. The molecule has 2 saturated heterocycles. The van der Waals surface area contributed by atoms with Crippen LogP contribution in [0.1, 0.15) is 24.8 Å². The number of hydrogen-bond acceptors (Lipinski definition) is 6. The number of rotatable bonds is 7. The highest BCUT2D eigenvalue weighted by Crippen LogP contribution is 2.34. The van der Waals surface area contributed by atoms with E-state index in [1.165, 1.54) is 5.56 Å². The summed E-state index contributed by atoms with van der Waals surface area (Å²) >= 11 is 1.67. The lowest BCUT2D eigenvalue weighted by Crippen LogP contribution is -2.63. The van der Waals surface area contributed by atoms with Crippen molar-refractivity contribution in [3.8, 4) is 0 Å². The Kier molecular flexibility index (Phi) is 7.64. The number of carbonyl (C=O) groups is 1. The number of ether oxygens (including phenoxy) is 1. The van der Waals surface area contributed by atoms with Crippen molar-refractivity contribution in [3.05, 3.63) is 71.3 Å². The van der Waals surface area contributed by atoms with Crippen molar-refractivity contribution in [3.63, 3.8) is 0 Å². The van der Waals surface area contributed by atoms with Crippen molar-refractivity contribution < 1.29 is 9.53 Å². The van der Waals surface area contributed by atoms with Crippen molar-refractivity contribution in [2.24, 2.45) is 0 Å². The molecular formula is C27H34N4O2S. The molecule has 2 fully saturated rings. The standard InChI is InChI=1S/C27H34N4O2S/c32-26(24-9-6-20-34-24)31(25-10-4-5-13-28-25)22-27(11-18-33-19-12-27)30-16-14-29(15-17-30)21-23-7-2-1-3-8-23/h1-5,7-10,13H,6,11-12,14-22H2. The Morgan fingerprint density at radius 2 is 1.79 bits per heavy atom. The first-order valence-corrected chi connectivity index (χ1v) is 13.4. The first-order chi connectivity index (χ1) is 16.7. The number of benzene rings is 1. The summed E-state index contributed by atoms with van der Waals surface area (Å²) in [6.07, 6.45) is 6.71. The fourth-order valence-corrected chi connectivity index (χ4v) is 6.24. The number of anilines is 1. The predicted octanol–water partition coefficient (Wildman–Crippen LogP) is 3.80. The van der Waals surface area contributed by atoms with Crippen LogP contribution in [0.25, 0.3) is 0 Å². The number of nitrogens with zero attached hydrogens (tertiary/aromatic N) is 4. The Morgan fingerprint density at radius 3 is 2.47 bits per heavy atom. The second kappa shape index (κ2) is 11.0. The molecule has 0 aliphatic carbocycles. The molecule has 3 aliphatic rings. The Labute approximate surface area is 207 Å². The SMILES string of the molecule is O=C(C1=CCCS1)N(CC1(N2CCN(Cc3ccccc3)CC2)CCOCC1)c1ccccn1. The molecular weight excluding hydrogens is 444 g/mol. The average molecular weight is 479 g/mol. The van der Waals surface area contributed by atoms with Crippen molar-refractivity contribution in [1.82, 2.24) is 14.8 Å².